The van der Waals surface area contributed by atoms with Crippen molar-refractivity contribution in [1.29, 1.82) is 0 Å². The van der Waals surface area contributed by atoms with E-state index in [1.807, 2.05) is 12.1 Å². The molecular formula is C15H24BrNO2S. The Morgan fingerprint density at radius 1 is 1.30 bits per heavy atom. The third kappa shape index (κ3) is 6.37. The van der Waals surface area contributed by atoms with Gasteiger partial charge in [0, 0.05) is 16.3 Å². The standard InChI is InChI=1S/C15H24BrNO2S/c1-3-10-17-15(9-6-11-20(18,19)4-2)13-7-5-8-14(16)12-13/h5,7-8,12,15,17H,3-4,6,9-11H2,1-2H3. The molecule has 0 radical (unpaired) electrons. The van der Waals surface area contributed by atoms with Gasteiger partial charge in [0.25, 0.3) is 0 Å². The van der Waals surface area contributed by atoms with Gasteiger partial charge in [-0.15, -0.1) is 0 Å². The van der Waals surface area contributed by atoms with E-state index in [2.05, 4.69) is 40.3 Å². The first-order valence-electron chi connectivity index (χ1n) is 7.17. The molecule has 0 fully saturated rings. The number of hydrogen-bond acceptors (Lipinski definition) is 3. The lowest BCUT2D eigenvalue weighted by atomic mass is 10.0. The summed E-state index contributed by atoms with van der Waals surface area (Å²) in [5.74, 6) is 0.513. The molecule has 0 spiro atoms. The normalized spacial score (nSPS) is 13.3. The van der Waals surface area contributed by atoms with Gasteiger partial charge >= 0.3 is 0 Å². The van der Waals surface area contributed by atoms with Crippen LogP contribution in [0.2, 0.25) is 0 Å². The number of rotatable bonds is 9. The molecule has 0 heterocycles. The average molecular weight is 362 g/mol. The second-order valence-corrected chi connectivity index (χ2v) is 8.33. The van der Waals surface area contributed by atoms with Gasteiger partial charge in [-0.3, -0.25) is 0 Å². The summed E-state index contributed by atoms with van der Waals surface area (Å²) in [6, 6.07) is 8.43. The molecule has 20 heavy (non-hydrogen) atoms. The molecule has 0 aromatic heterocycles. The SMILES string of the molecule is CCCNC(CCCS(=O)(=O)CC)c1cccc(Br)c1. The van der Waals surface area contributed by atoms with Gasteiger partial charge < -0.3 is 5.32 Å². The summed E-state index contributed by atoms with van der Waals surface area (Å²) in [6.07, 6.45) is 2.61. The second-order valence-electron chi connectivity index (χ2n) is 4.94. The van der Waals surface area contributed by atoms with E-state index in [1.165, 1.54) is 5.56 Å². The zero-order chi connectivity index (χ0) is 15.0. The Morgan fingerprint density at radius 3 is 2.65 bits per heavy atom. The van der Waals surface area contributed by atoms with Crippen molar-refractivity contribution in [3.8, 4) is 0 Å². The van der Waals surface area contributed by atoms with Gasteiger partial charge in [-0.2, -0.15) is 0 Å². The zero-order valence-electron chi connectivity index (χ0n) is 12.2. The Morgan fingerprint density at radius 2 is 2.05 bits per heavy atom. The fourth-order valence-electron chi connectivity index (χ4n) is 2.08. The molecule has 0 amide bonds. The highest BCUT2D eigenvalue weighted by atomic mass is 79.9. The van der Waals surface area contributed by atoms with E-state index in [1.54, 1.807) is 6.92 Å². The molecule has 1 aromatic rings. The molecule has 5 heteroatoms. The zero-order valence-corrected chi connectivity index (χ0v) is 14.6. The number of sulfone groups is 1. The van der Waals surface area contributed by atoms with Crippen molar-refractivity contribution in [3.05, 3.63) is 34.3 Å². The Bertz CT molecular complexity index is 502. The lowest BCUT2D eigenvalue weighted by Crippen LogP contribution is -2.23. The minimum absolute atomic E-state index is 0.222. The van der Waals surface area contributed by atoms with E-state index in [9.17, 15) is 8.42 Å². The first-order chi connectivity index (χ1) is 9.48. The lowest BCUT2D eigenvalue weighted by molar-refractivity contribution is 0.492. The first-order valence-corrected chi connectivity index (χ1v) is 9.79. The van der Waals surface area contributed by atoms with Crippen LogP contribution in [0.5, 0.6) is 0 Å². The van der Waals surface area contributed by atoms with Gasteiger partial charge in [-0.05, 0) is 43.5 Å². The summed E-state index contributed by atoms with van der Waals surface area (Å²) in [4.78, 5) is 0. The second kappa shape index (κ2) is 8.80. The quantitative estimate of drug-likeness (QED) is 0.729. The van der Waals surface area contributed by atoms with E-state index in [0.29, 0.717) is 6.42 Å². The molecule has 0 aliphatic heterocycles. The fraction of sp³-hybridized carbons (Fsp3) is 0.600. The molecule has 1 unspecified atom stereocenters. The van der Waals surface area contributed by atoms with Crippen LogP contribution in [0, 0.1) is 0 Å². The summed E-state index contributed by atoms with van der Waals surface area (Å²) in [7, 11) is -2.86. The molecule has 0 aliphatic carbocycles. The molecule has 0 aliphatic rings. The lowest BCUT2D eigenvalue weighted by Gasteiger charge is -2.19. The highest BCUT2D eigenvalue weighted by molar-refractivity contribution is 9.10. The average Bonchev–Trinajstić information content (AvgIpc) is 2.42. The van der Waals surface area contributed by atoms with E-state index < -0.39 is 9.84 Å². The van der Waals surface area contributed by atoms with Crippen LogP contribution < -0.4 is 5.32 Å². The van der Waals surface area contributed by atoms with Crippen LogP contribution in [0.3, 0.4) is 0 Å². The minimum atomic E-state index is -2.86. The van der Waals surface area contributed by atoms with Gasteiger partial charge in [0.1, 0.15) is 9.84 Å². The van der Waals surface area contributed by atoms with Crippen molar-refractivity contribution in [2.75, 3.05) is 18.1 Å². The van der Waals surface area contributed by atoms with Crippen LogP contribution in [-0.4, -0.2) is 26.5 Å². The first kappa shape index (κ1) is 17.7. The molecule has 0 saturated heterocycles. The Balaban J connectivity index is 2.65. The highest BCUT2D eigenvalue weighted by Gasteiger charge is 2.13. The van der Waals surface area contributed by atoms with Crippen molar-refractivity contribution in [2.24, 2.45) is 0 Å². The van der Waals surface area contributed by atoms with Crippen LogP contribution >= 0.6 is 15.9 Å². The molecule has 1 N–H and O–H groups in total. The van der Waals surface area contributed by atoms with E-state index in [0.717, 1.165) is 23.9 Å². The molecule has 0 bridgehead atoms. The maximum atomic E-state index is 11.6. The smallest absolute Gasteiger partial charge is 0.150 e. The van der Waals surface area contributed by atoms with Gasteiger partial charge in [0.2, 0.25) is 0 Å². The van der Waals surface area contributed by atoms with E-state index in [-0.39, 0.29) is 17.5 Å². The van der Waals surface area contributed by atoms with Crippen LogP contribution in [0.1, 0.15) is 44.7 Å². The number of halogens is 1. The van der Waals surface area contributed by atoms with Gasteiger partial charge in [0.15, 0.2) is 0 Å². The predicted molar refractivity (Wildman–Crippen MR) is 88.7 cm³/mol. The van der Waals surface area contributed by atoms with Crippen molar-refractivity contribution in [3.63, 3.8) is 0 Å². The number of nitrogens with one attached hydrogen (secondary N) is 1. The van der Waals surface area contributed by atoms with Crippen molar-refractivity contribution >= 4 is 25.8 Å². The van der Waals surface area contributed by atoms with Crippen molar-refractivity contribution in [1.82, 2.24) is 5.32 Å². The highest BCUT2D eigenvalue weighted by Crippen LogP contribution is 2.22. The molecule has 0 saturated carbocycles. The molecule has 1 aromatic carbocycles. The monoisotopic (exact) mass is 361 g/mol. The van der Waals surface area contributed by atoms with Gasteiger partial charge in [-0.1, -0.05) is 41.9 Å². The summed E-state index contributed by atoms with van der Waals surface area (Å²) >= 11 is 3.49. The molecule has 3 nitrogen and oxygen atoms in total. The molecule has 1 atom stereocenters. The summed E-state index contributed by atoms with van der Waals surface area (Å²) in [6.45, 7) is 4.78. The minimum Gasteiger partial charge on any atom is -0.310 e. The summed E-state index contributed by atoms with van der Waals surface area (Å²) in [5, 5.41) is 3.50. The Kier molecular flexibility index (Phi) is 7.77. The third-order valence-corrected chi connectivity index (χ3v) is 5.56. The van der Waals surface area contributed by atoms with Crippen LogP contribution in [0.25, 0.3) is 0 Å². The molecular weight excluding hydrogens is 338 g/mol. The van der Waals surface area contributed by atoms with Crippen LogP contribution in [-0.2, 0) is 9.84 Å². The summed E-state index contributed by atoms with van der Waals surface area (Å²) in [5.41, 5.74) is 1.21. The molecule has 1 rings (SSSR count). The van der Waals surface area contributed by atoms with Crippen LogP contribution in [0.15, 0.2) is 28.7 Å². The largest absolute Gasteiger partial charge is 0.310 e. The topological polar surface area (TPSA) is 46.2 Å². The van der Waals surface area contributed by atoms with Crippen LogP contribution in [0.4, 0.5) is 0 Å². The number of hydrogen-bond donors (Lipinski definition) is 1. The predicted octanol–water partition coefficient (Wildman–Crippen LogP) is 3.70. The van der Waals surface area contributed by atoms with Gasteiger partial charge in [-0.25, -0.2) is 8.42 Å². The summed E-state index contributed by atoms with van der Waals surface area (Å²) < 4.78 is 24.2. The maximum Gasteiger partial charge on any atom is 0.150 e. The number of benzene rings is 1. The van der Waals surface area contributed by atoms with Crippen molar-refractivity contribution < 1.29 is 8.42 Å². The van der Waals surface area contributed by atoms with Crippen molar-refractivity contribution in [2.45, 2.75) is 39.2 Å². The van der Waals surface area contributed by atoms with E-state index >= 15 is 0 Å². The third-order valence-electron chi connectivity index (χ3n) is 3.28. The fourth-order valence-corrected chi connectivity index (χ4v) is 3.39. The Hall–Kier alpha value is -0.390. The van der Waals surface area contributed by atoms with E-state index in [4.69, 9.17) is 0 Å². The van der Waals surface area contributed by atoms with Gasteiger partial charge in [0.05, 0.1) is 5.75 Å². The Labute approximate surface area is 131 Å². The molecule has 114 valence electrons. The maximum absolute atomic E-state index is 11.6.